The largest absolute Gasteiger partial charge is 0.255 e. The molecule has 96 valence electrons. The van der Waals surface area contributed by atoms with Crippen molar-refractivity contribution in [3.05, 3.63) is 34.9 Å². The van der Waals surface area contributed by atoms with E-state index in [-0.39, 0.29) is 6.04 Å². The number of thioether (sulfide) groups is 1. The van der Waals surface area contributed by atoms with Crippen molar-refractivity contribution in [3.8, 4) is 0 Å². The van der Waals surface area contributed by atoms with Crippen molar-refractivity contribution >= 4 is 35.3 Å². The molecular weight excluding hydrogens is 256 g/mol. The normalized spacial score (nSPS) is 20.2. The minimum absolute atomic E-state index is 0.0819. The lowest BCUT2D eigenvalue weighted by Crippen LogP contribution is -2.25. The Kier molecular flexibility index (Phi) is 3.29. The van der Waals surface area contributed by atoms with Gasteiger partial charge in [-0.15, -0.1) is 11.8 Å². The smallest absolute Gasteiger partial charge is 0.163 e. The Bertz CT molecular complexity index is 628. The predicted molar refractivity (Wildman–Crippen MR) is 82.9 cm³/mol. The van der Waals surface area contributed by atoms with Crippen molar-refractivity contribution in [2.24, 2.45) is 20.0 Å². The lowest BCUT2D eigenvalue weighted by atomic mass is 10.1. The summed E-state index contributed by atoms with van der Waals surface area (Å²) in [5.41, 5.74) is 3.95. The molecule has 1 unspecified atom stereocenters. The van der Waals surface area contributed by atoms with Gasteiger partial charge < -0.3 is 0 Å². The van der Waals surface area contributed by atoms with Crippen LogP contribution >= 0.6 is 11.8 Å². The minimum atomic E-state index is -0.0819. The quantitative estimate of drug-likeness (QED) is 0.815. The second-order valence-corrected chi connectivity index (χ2v) is 5.57. The molecular formula is C14H14N4S. The second kappa shape index (κ2) is 5.09. The van der Waals surface area contributed by atoms with Crippen molar-refractivity contribution in [1.29, 1.82) is 0 Å². The maximum Gasteiger partial charge on any atom is 0.163 e. The van der Waals surface area contributed by atoms with Crippen LogP contribution in [-0.4, -0.2) is 29.6 Å². The van der Waals surface area contributed by atoms with E-state index in [1.54, 1.807) is 24.4 Å². The van der Waals surface area contributed by atoms with Crippen LogP contribution < -0.4 is 0 Å². The first kappa shape index (κ1) is 12.3. The van der Waals surface area contributed by atoms with Crippen LogP contribution in [0.4, 0.5) is 0 Å². The van der Waals surface area contributed by atoms with E-state index in [4.69, 9.17) is 0 Å². The van der Waals surface area contributed by atoms with Crippen molar-refractivity contribution in [3.63, 3.8) is 0 Å². The molecule has 1 aromatic carbocycles. The lowest BCUT2D eigenvalue weighted by molar-refractivity contribution is 1.16. The van der Waals surface area contributed by atoms with Crippen LogP contribution in [0.15, 0.2) is 38.2 Å². The third-order valence-corrected chi connectivity index (χ3v) is 4.32. The zero-order chi connectivity index (χ0) is 13.2. The Labute approximate surface area is 116 Å². The van der Waals surface area contributed by atoms with Crippen LogP contribution in [0, 0.1) is 13.8 Å². The molecule has 0 N–H and O–H groups in total. The molecule has 2 aliphatic heterocycles. The van der Waals surface area contributed by atoms with Gasteiger partial charge in [-0.25, -0.2) is 15.0 Å². The summed E-state index contributed by atoms with van der Waals surface area (Å²) in [5, 5.41) is 0.973. The highest BCUT2D eigenvalue weighted by Gasteiger charge is 2.26. The van der Waals surface area contributed by atoms with E-state index in [0.717, 1.165) is 16.6 Å². The van der Waals surface area contributed by atoms with Gasteiger partial charge in [0.05, 0.1) is 0 Å². The molecule has 19 heavy (non-hydrogen) atoms. The van der Waals surface area contributed by atoms with Crippen molar-refractivity contribution in [2.75, 3.05) is 0 Å². The highest BCUT2D eigenvalue weighted by molar-refractivity contribution is 8.13. The number of hydrogen-bond acceptors (Lipinski definition) is 5. The fourth-order valence-electron chi connectivity index (χ4n) is 1.96. The first-order chi connectivity index (χ1) is 9.24. The zero-order valence-corrected chi connectivity index (χ0v) is 11.7. The molecule has 4 nitrogen and oxygen atoms in total. The number of aryl methyl sites for hydroxylation is 2. The fraction of sp³-hybridized carbons (Fsp3) is 0.286. The van der Waals surface area contributed by atoms with Crippen LogP contribution in [0.5, 0.6) is 0 Å². The lowest BCUT2D eigenvalue weighted by Gasteiger charge is -2.13. The number of benzene rings is 1. The Hall–Kier alpha value is -1.75. The maximum atomic E-state index is 4.32. The number of nitrogens with zero attached hydrogens (tertiary/aromatic N) is 4. The summed E-state index contributed by atoms with van der Waals surface area (Å²) >= 11 is 1.71. The SMILES string of the molecule is Cc1ccc(CSC2=NC=NC3=NC=NC32)cc1C. The van der Waals surface area contributed by atoms with Crippen LogP contribution in [-0.2, 0) is 5.75 Å². The molecule has 3 rings (SSSR count). The molecule has 0 spiro atoms. The van der Waals surface area contributed by atoms with Gasteiger partial charge in [-0.3, -0.25) is 4.99 Å². The standard InChI is InChI=1S/C14H14N4S/c1-9-3-4-11(5-10(9)2)6-19-14-12-13(16-7-15-12)17-8-18-14/h3-5,7-8,12H,6H2,1-2H3. The van der Waals surface area contributed by atoms with Gasteiger partial charge in [0.25, 0.3) is 0 Å². The highest BCUT2D eigenvalue weighted by Crippen LogP contribution is 2.22. The Balaban J connectivity index is 1.71. The molecule has 0 amide bonds. The van der Waals surface area contributed by atoms with Gasteiger partial charge in [0.1, 0.15) is 17.7 Å². The topological polar surface area (TPSA) is 49.4 Å². The molecule has 1 atom stereocenters. The first-order valence-electron chi connectivity index (χ1n) is 6.12. The molecule has 0 bridgehead atoms. The predicted octanol–water partition coefficient (Wildman–Crippen LogP) is 2.79. The van der Waals surface area contributed by atoms with Gasteiger partial charge in [0, 0.05) is 5.75 Å². The number of hydrogen-bond donors (Lipinski definition) is 0. The number of fused-ring (bicyclic) bond motifs is 1. The summed E-state index contributed by atoms with van der Waals surface area (Å²) in [7, 11) is 0. The fourth-order valence-corrected chi connectivity index (χ4v) is 2.90. The second-order valence-electron chi connectivity index (χ2n) is 4.57. The molecule has 1 aromatic rings. The van der Waals surface area contributed by atoms with Crippen molar-refractivity contribution in [1.82, 2.24) is 0 Å². The van der Waals surface area contributed by atoms with E-state index < -0.39 is 0 Å². The van der Waals surface area contributed by atoms with Crippen LogP contribution in [0.3, 0.4) is 0 Å². The molecule has 0 aromatic heterocycles. The van der Waals surface area contributed by atoms with Crippen LogP contribution in [0.1, 0.15) is 16.7 Å². The highest BCUT2D eigenvalue weighted by atomic mass is 32.2. The Morgan fingerprint density at radius 2 is 2.00 bits per heavy atom. The molecule has 2 aliphatic rings. The van der Waals surface area contributed by atoms with Gasteiger partial charge in [-0.05, 0) is 30.5 Å². The summed E-state index contributed by atoms with van der Waals surface area (Å²) < 4.78 is 0. The van der Waals surface area contributed by atoms with Gasteiger partial charge in [-0.1, -0.05) is 18.2 Å². The third-order valence-electron chi connectivity index (χ3n) is 3.22. The summed E-state index contributed by atoms with van der Waals surface area (Å²) in [6.45, 7) is 4.27. The minimum Gasteiger partial charge on any atom is -0.255 e. The molecule has 0 radical (unpaired) electrons. The van der Waals surface area contributed by atoms with E-state index in [1.807, 2.05) is 0 Å². The van der Waals surface area contributed by atoms with E-state index >= 15 is 0 Å². The first-order valence-corrected chi connectivity index (χ1v) is 7.11. The van der Waals surface area contributed by atoms with Crippen molar-refractivity contribution < 1.29 is 0 Å². The zero-order valence-electron chi connectivity index (χ0n) is 10.9. The monoisotopic (exact) mass is 270 g/mol. The van der Waals surface area contributed by atoms with Crippen LogP contribution in [0.2, 0.25) is 0 Å². The summed E-state index contributed by atoms with van der Waals surface area (Å²) in [6.07, 6.45) is 3.13. The summed E-state index contributed by atoms with van der Waals surface area (Å²) in [5.74, 6) is 1.64. The molecule has 2 heterocycles. The molecule has 0 aliphatic carbocycles. The van der Waals surface area contributed by atoms with E-state index in [0.29, 0.717) is 0 Å². The average Bonchev–Trinajstić information content (AvgIpc) is 2.89. The van der Waals surface area contributed by atoms with Gasteiger partial charge in [0.2, 0.25) is 0 Å². The molecule has 5 heteroatoms. The number of aliphatic imine (C=N–C) groups is 4. The third kappa shape index (κ3) is 2.51. The van der Waals surface area contributed by atoms with E-state index in [2.05, 4.69) is 52.0 Å². The van der Waals surface area contributed by atoms with Gasteiger partial charge in [-0.2, -0.15) is 0 Å². The van der Waals surface area contributed by atoms with E-state index in [9.17, 15) is 0 Å². The Morgan fingerprint density at radius 1 is 1.11 bits per heavy atom. The maximum absolute atomic E-state index is 4.32. The molecule has 0 fully saturated rings. The number of rotatable bonds is 2. The van der Waals surface area contributed by atoms with Crippen LogP contribution in [0.25, 0.3) is 0 Å². The average molecular weight is 270 g/mol. The molecule has 0 saturated carbocycles. The van der Waals surface area contributed by atoms with E-state index in [1.165, 1.54) is 16.7 Å². The van der Waals surface area contributed by atoms with Gasteiger partial charge in [0.15, 0.2) is 11.9 Å². The summed E-state index contributed by atoms with van der Waals surface area (Å²) in [4.78, 5) is 16.9. The number of amidine groups is 1. The Morgan fingerprint density at radius 3 is 2.84 bits per heavy atom. The van der Waals surface area contributed by atoms with Gasteiger partial charge >= 0.3 is 0 Å². The summed E-state index contributed by atoms with van der Waals surface area (Å²) in [6, 6.07) is 6.48. The van der Waals surface area contributed by atoms with Crippen molar-refractivity contribution in [2.45, 2.75) is 25.6 Å². The molecule has 0 saturated heterocycles.